The third-order valence-corrected chi connectivity index (χ3v) is 3.67. The van der Waals surface area contributed by atoms with Gasteiger partial charge in [-0.2, -0.15) is 13.2 Å². The van der Waals surface area contributed by atoms with E-state index in [1.165, 1.54) is 24.3 Å². The highest BCUT2D eigenvalue weighted by Gasteiger charge is 2.31. The summed E-state index contributed by atoms with van der Waals surface area (Å²) < 4.78 is 59.2. The number of benzene rings is 1. The SMILES string of the molecule is O=[SH](=O)Cc1ccc(-c2cc(C(F)(F)F)cnc2Cl)cc1. The normalized spacial score (nSPS) is 11.9. The van der Waals surface area contributed by atoms with E-state index in [0.29, 0.717) is 17.3 Å². The molecular weight excluding hydrogens is 327 g/mol. The topological polar surface area (TPSA) is 47.0 Å². The van der Waals surface area contributed by atoms with E-state index in [9.17, 15) is 21.6 Å². The van der Waals surface area contributed by atoms with Crippen molar-refractivity contribution >= 4 is 22.3 Å². The zero-order chi connectivity index (χ0) is 15.6. The molecule has 0 fully saturated rings. The van der Waals surface area contributed by atoms with Crippen molar-refractivity contribution in [3.8, 4) is 11.1 Å². The lowest BCUT2D eigenvalue weighted by Crippen LogP contribution is -2.05. The van der Waals surface area contributed by atoms with E-state index < -0.39 is 22.4 Å². The molecule has 0 N–H and O–H groups in total. The van der Waals surface area contributed by atoms with Crippen LogP contribution in [0.15, 0.2) is 36.5 Å². The van der Waals surface area contributed by atoms with Gasteiger partial charge >= 0.3 is 6.18 Å². The van der Waals surface area contributed by atoms with Gasteiger partial charge in [0.25, 0.3) is 0 Å². The summed E-state index contributed by atoms with van der Waals surface area (Å²) in [7, 11) is -2.55. The van der Waals surface area contributed by atoms with Gasteiger partial charge in [-0.1, -0.05) is 35.9 Å². The van der Waals surface area contributed by atoms with Crippen molar-refractivity contribution in [2.75, 3.05) is 0 Å². The Morgan fingerprint density at radius 1 is 1.14 bits per heavy atom. The minimum Gasteiger partial charge on any atom is -0.243 e. The smallest absolute Gasteiger partial charge is 0.243 e. The van der Waals surface area contributed by atoms with Crippen LogP contribution in [0.2, 0.25) is 5.15 Å². The number of nitrogens with zero attached hydrogens (tertiary/aromatic N) is 1. The van der Waals surface area contributed by atoms with Gasteiger partial charge in [-0.3, -0.25) is 0 Å². The first kappa shape index (κ1) is 15.8. The molecule has 0 saturated heterocycles. The standard InChI is InChI=1S/C13H9ClF3NO2S/c14-12-11(5-10(6-18-12)13(15,16)17)9-3-1-8(2-4-9)7-21(19)20/h1-6,21H,7H2. The lowest BCUT2D eigenvalue weighted by Gasteiger charge is -2.10. The highest BCUT2D eigenvalue weighted by Crippen LogP contribution is 2.34. The van der Waals surface area contributed by atoms with Crippen molar-refractivity contribution in [3.63, 3.8) is 0 Å². The number of halogens is 4. The molecule has 1 aromatic carbocycles. The van der Waals surface area contributed by atoms with E-state index in [1.807, 2.05) is 0 Å². The molecular formula is C13H9ClF3NO2S. The molecule has 0 aliphatic carbocycles. The molecule has 0 spiro atoms. The lowest BCUT2D eigenvalue weighted by molar-refractivity contribution is -0.137. The molecule has 1 heterocycles. The molecule has 0 saturated carbocycles. The summed E-state index contributed by atoms with van der Waals surface area (Å²) in [6.07, 6.45) is -3.84. The largest absolute Gasteiger partial charge is 0.417 e. The second-order valence-electron chi connectivity index (χ2n) is 4.25. The first-order valence-electron chi connectivity index (χ1n) is 5.71. The molecule has 2 rings (SSSR count). The van der Waals surface area contributed by atoms with E-state index in [0.717, 1.165) is 6.07 Å². The van der Waals surface area contributed by atoms with Crippen molar-refractivity contribution in [1.82, 2.24) is 4.98 Å². The van der Waals surface area contributed by atoms with Crippen LogP contribution in [0.25, 0.3) is 11.1 Å². The van der Waals surface area contributed by atoms with Gasteiger partial charge in [0, 0.05) is 11.8 Å². The minimum atomic E-state index is -4.51. The molecule has 21 heavy (non-hydrogen) atoms. The van der Waals surface area contributed by atoms with Gasteiger partial charge in [0.1, 0.15) is 15.9 Å². The van der Waals surface area contributed by atoms with Gasteiger partial charge in [-0.25, -0.2) is 13.4 Å². The highest BCUT2D eigenvalue weighted by molar-refractivity contribution is 7.71. The minimum absolute atomic E-state index is 0.0503. The molecule has 0 unspecified atom stereocenters. The molecule has 0 atom stereocenters. The summed E-state index contributed by atoms with van der Waals surface area (Å²) in [4.78, 5) is 3.54. The Morgan fingerprint density at radius 2 is 1.76 bits per heavy atom. The molecule has 3 nitrogen and oxygen atoms in total. The van der Waals surface area contributed by atoms with Crippen molar-refractivity contribution in [3.05, 3.63) is 52.8 Å². The highest BCUT2D eigenvalue weighted by atomic mass is 35.5. The van der Waals surface area contributed by atoms with Crippen LogP contribution in [-0.4, -0.2) is 13.4 Å². The van der Waals surface area contributed by atoms with Gasteiger partial charge in [-0.15, -0.1) is 0 Å². The molecule has 8 heteroatoms. The molecule has 0 aliphatic heterocycles. The van der Waals surface area contributed by atoms with E-state index >= 15 is 0 Å². The van der Waals surface area contributed by atoms with Crippen molar-refractivity contribution in [2.45, 2.75) is 11.9 Å². The average molecular weight is 336 g/mol. The number of alkyl halides is 3. The van der Waals surface area contributed by atoms with Crippen LogP contribution in [0.4, 0.5) is 13.2 Å². The summed E-state index contributed by atoms with van der Waals surface area (Å²) in [5, 5.41) is -0.0503. The Labute approximate surface area is 125 Å². The summed E-state index contributed by atoms with van der Waals surface area (Å²) in [6.45, 7) is 0. The van der Waals surface area contributed by atoms with Crippen LogP contribution >= 0.6 is 11.6 Å². The van der Waals surface area contributed by atoms with Crippen molar-refractivity contribution < 1.29 is 21.6 Å². The van der Waals surface area contributed by atoms with Gasteiger partial charge in [-0.05, 0) is 17.2 Å². The fourth-order valence-corrected chi connectivity index (χ4v) is 2.47. The second-order valence-corrected chi connectivity index (χ2v) is 5.59. The maximum atomic E-state index is 12.7. The monoisotopic (exact) mass is 335 g/mol. The fourth-order valence-electron chi connectivity index (χ4n) is 1.74. The van der Waals surface area contributed by atoms with E-state index in [2.05, 4.69) is 4.98 Å². The van der Waals surface area contributed by atoms with Crippen molar-refractivity contribution in [1.29, 1.82) is 0 Å². The predicted octanol–water partition coefficient (Wildman–Crippen LogP) is 3.53. The molecule has 0 aliphatic rings. The van der Waals surface area contributed by atoms with Crippen LogP contribution in [0, 0.1) is 0 Å². The Kier molecular flexibility index (Phi) is 4.53. The summed E-state index contributed by atoms with van der Waals surface area (Å²) >= 11 is 5.83. The van der Waals surface area contributed by atoms with Gasteiger partial charge in [0.2, 0.25) is 0 Å². The third-order valence-electron chi connectivity index (χ3n) is 2.74. The third kappa shape index (κ3) is 3.95. The fraction of sp³-hybridized carbons (Fsp3) is 0.154. The van der Waals surface area contributed by atoms with E-state index in [1.54, 1.807) is 0 Å². The van der Waals surface area contributed by atoms with Gasteiger partial charge < -0.3 is 0 Å². The Hall–Kier alpha value is -1.60. The average Bonchev–Trinajstić information content (AvgIpc) is 2.38. The predicted molar refractivity (Wildman–Crippen MR) is 73.7 cm³/mol. The van der Waals surface area contributed by atoms with Gasteiger partial charge in [0.15, 0.2) is 0 Å². The molecule has 0 amide bonds. The Bertz CT molecular complexity index is 719. The molecule has 0 bridgehead atoms. The van der Waals surface area contributed by atoms with Crippen LogP contribution in [0.5, 0.6) is 0 Å². The van der Waals surface area contributed by atoms with Crippen molar-refractivity contribution in [2.24, 2.45) is 0 Å². The number of pyridine rings is 1. The molecule has 1 aromatic heterocycles. The Balaban J connectivity index is 2.41. The van der Waals surface area contributed by atoms with Crippen LogP contribution < -0.4 is 0 Å². The lowest BCUT2D eigenvalue weighted by atomic mass is 10.0. The van der Waals surface area contributed by atoms with Crippen LogP contribution in [0.3, 0.4) is 0 Å². The van der Waals surface area contributed by atoms with Crippen LogP contribution in [-0.2, 0) is 22.6 Å². The quantitative estimate of drug-likeness (QED) is 0.689. The summed E-state index contributed by atoms with van der Waals surface area (Å²) in [5.74, 6) is -0.121. The molecule has 2 aromatic rings. The second kappa shape index (κ2) is 6.03. The van der Waals surface area contributed by atoms with Crippen LogP contribution in [0.1, 0.15) is 11.1 Å². The molecule has 0 radical (unpaired) electrons. The first-order valence-corrected chi connectivity index (χ1v) is 7.45. The number of hydrogen-bond acceptors (Lipinski definition) is 3. The number of thiol groups is 1. The van der Waals surface area contributed by atoms with Gasteiger partial charge in [0.05, 0.1) is 11.3 Å². The number of aromatic nitrogens is 1. The maximum absolute atomic E-state index is 12.7. The summed E-state index contributed by atoms with van der Waals surface area (Å²) in [5.41, 5.74) is 0.229. The zero-order valence-corrected chi connectivity index (χ0v) is 12.0. The maximum Gasteiger partial charge on any atom is 0.417 e. The van der Waals surface area contributed by atoms with E-state index in [4.69, 9.17) is 11.6 Å². The zero-order valence-electron chi connectivity index (χ0n) is 10.4. The number of rotatable bonds is 3. The van der Waals surface area contributed by atoms with E-state index in [-0.39, 0.29) is 16.5 Å². The number of hydrogen-bond donors (Lipinski definition) is 1. The summed E-state index contributed by atoms with van der Waals surface area (Å²) in [6, 6.07) is 6.99. The first-order chi connectivity index (χ1) is 9.77. The molecule has 112 valence electrons. The Morgan fingerprint density at radius 3 is 2.29 bits per heavy atom.